The van der Waals surface area contributed by atoms with Gasteiger partial charge in [-0.05, 0) is 18.2 Å². The minimum atomic E-state index is -4.56. The summed E-state index contributed by atoms with van der Waals surface area (Å²) in [7, 11) is 0. The van der Waals surface area contributed by atoms with Crippen LogP contribution in [0.5, 0.6) is 0 Å². The van der Waals surface area contributed by atoms with Gasteiger partial charge in [0.1, 0.15) is 0 Å². The van der Waals surface area contributed by atoms with E-state index in [1.807, 2.05) is 0 Å². The molecule has 0 saturated heterocycles. The number of nitrogens with two attached hydrogens (primary N) is 1. The molecule has 0 aliphatic carbocycles. The van der Waals surface area contributed by atoms with E-state index in [2.05, 4.69) is 0 Å². The molecule has 0 radical (unpaired) electrons. The normalized spacial score (nSPS) is 11.1. The molecule has 0 spiro atoms. The first-order chi connectivity index (χ1) is 6.86. The van der Waals surface area contributed by atoms with Crippen LogP contribution in [0.2, 0.25) is 0 Å². The molecule has 0 fully saturated rings. The van der Waals surface area contributed by atoms with Gasteiger partial charge < -0.3 is 5.73 Å². The van der Waals surface area contributed by atoms with E-state index in [4.69, 9.17) is 5.73 Å². The van der Waals surface area contributed by atoms with Crippen LogP contribution in [0.3, 0.4) is 0 Å². The largest absolute Gasteiger partial charge is 0.416 e. The molecule has 1 rings (SSSR count). The second-order valence-electron chi connectivity index (χ2n) is 2.78. The number of Topliss-reactive ketones (excluding diaryl/α,β-unsaturated/α-hetero) is 1. The lowest BCUT2D eigenvalue weighted by Crippen LogP contribution is -2.10. The fraction of sp³-hybridized carbons (Fsp3) is 0.111. The van der Waals surface area contributed by atoms with Crippen LogP contribution < -0.4 is 5.73 Å². The van der Waals surface area contributed by atoms with Gasteiger partial charge in [0.15, 0.2) is 6.29 Å². The van der Waals surface area contributed by atoms with Crippen LogP contribution in [0.25, 0.3) is 0 Å². The van der Waals surface area contributed by atoms with Gasteiger partial charge in [0, 0.05) is 11.3 Å². The number of benzene rings is 1. The number of rotatable bonds is 2. The highest BCUT2D eigenvalue weighted by molar-refractivity contribution is 6.34. The Bertz CT molecular complexity index is 412. The summed E-state index contributed by atoms with van der Waals surface area (Å²) in [5.74, 6) is -1.07. The predicted molar refractivity (Wildman–Crippen MR) is 46.3 cm³/mol. The summed E-state index contributed by atoms with van der Waals surface area (Å²) in [5.41, 5.74) is 3.67. The first kappa shape index (κ1) is 11.2. The highest BCUT2D eigenvalue weighted by Gasteiger charge is 2.31. The topological polar surface area (TPSA) is 60.2 Å². The summed E-state index contributed by atoms with van der Waals surface area (Å²) < 4.78 is 36.7. The van der Waals surface area contributed by atoms with E-state index in [1.165, 1.54) is 0 Å². The van der Waals surface area contributed by atoms with Gasteiger partial charge in [-0.25, -0.2) is 0 Å². The maximum absolute atomic E-state index is 12.2. The van der Waals surface area contributed by atoms with Crippen LogP contribution in [0, 0.1) is 0 Å². The van der Waals surface area contributed by atoms with Gasteiger partial charge in [0.05, 0.1) is 5.56 Å². The molecular formula is C9H6F3NO2. The molecule has 0 aliphatic heterocycles. The summed E-state index contributed by atoms with van der Waals surface area (Å²) >= 11 is 0. The molecule has 1 aromatic carbocycles. The lowest BCUT2D eigenvalue weighted by atomic mass is 10.1. The van der Waals surface area contributed by atoms with Crippen LogP contribution >= 0.6 is 0 Å². The molecule has 0 unspecified atom stereocenters. The standard InChI is InChI=1S/C9H6F3NO2/c10-9(11,12)5-1-2-7(13)6(3-5)8(15)4-14/h1-4H,13H2. The van der Waals surface area contributed by atoms with Gasteiger partial charge in [0.2, 0.25) is 5.78 Å². The lowest BCUT2D eigenvalue weighted by Gasteiger charge is -2.08. The van der Waals surface area contributed by atoms with E-state index in [0.717, 1.165) is 12.1 Å². The van der Waals surface area contributed by atoms with Crippen LogP contribution in [-0.4, -0.2) is 12.1 Å². The molecular weight excluding hydrogens is 211 g/mol. The molecule has 0 atom stereocenters. The molecule has 0 bridgehead atoms. The van der Waals surface area contributed by atoms with Gasteiger partial charge >= 0.3 is 6.18 Å². The van der Waals surface area contributed by atoms with Gasteiger partial charge in [-0.3, -0.25) is 9.59 Å². The molecule has 3 nitrogen and oxygen atoms in total. The minimum Gasteiger partial charge on any atom is -0.398 e. The minimum absolute atomic E-state index is 0.0775. The van der Waals surface area contributed by atoms with E-state index in [-0.39, 0.29) is 12.0 Å². The number of carbonyl (C=O) groups excluding carboxylic acids is 2. The molecule has 15 heavy (non-hydrogen) atoms. The first-order valence-corrected chi connectivity index (χ1v) is 3.82. The third-order valence-corrected chi connectivity index (χ3v) is 1.75. The van der Waals surface area contributed by atoms with Crippen molar-refractivity contribution in [1.82, 2.24) is 0 Å². The number of nitrogen functional groups attached to an aromatic ring is 1. The van der Waals surface area contributed by atoms with Crippen molar-refractivity contribution in [2.24, 2.45) is 0 Å². The SMILES string of the molecule is Nc1ccc(C(F)(F)F)cc1C(=O)C=O. The molecule has 6 heteroatoms. The first-order valence-electron chi connectivity index (χ1n) is 3.82. The predicted octanol–water partition coefficient (Wildman–Crippen LogP) is 1.67. The Labute approximate surface area is 82.7 Å². The van der Waals surface area contributed by atoms with Crippen molar-refractivity contribution in [3.8, 4) is 0 Å². The third kappa shape index (κ3) is 2.34. The van der Waals surface area contributed by atoms with Gasteiger partial charge in [-0.15, -0.1) is 0 Å². The number of hydrogen-bond donors (Lipinski definition) is 1. The molecule has 0 aromatic heterocycles. The van der Waals surface area contributed by atoms with Crippen LogP contribution in [0.1, 0.15) is 15.9 Å². The van der Waals surface area contributed by atoms with Crippen molar-refractivity contribution in [2.45, 2.75) is 6.18 Å². The number of halogens is 3. The third-order valence-electron chi connectivity index (χ3n) is 1.75. The van der Waals surface area contributed by atoms with Gasteiger partial charge in [-0.2, -0.15) is 13.2 Å². The zero-order chi connectivity index (χ0) is 11.6. The second-order valence-corrected chi connectivity index (χ2v) is 2.78. The fourth-order valence-electron chi connectivity index (χ4n) is 1.01. The summed E-state index contributed by atoms with van der Waals surface area (Å²) in [4.78, 5) is 21.0. The maximum atomic E-state index is 12.2. The van der Waals surface area contributed by atoms with Crippen LogP contribution in [-0.2, 0) is 11.0 Å². The number of aldehydes is 1. The number of carbonyl (C=O) groups is 2. The summed E-state index contributed by atoms with van der Waals surface area (Å²) in [5, 5.41) is 0. The van der Waals surface area contributed by atoms with Crippen molar-refractivity contribution in [3.05, 3.63) is 29.3 Å². The Morgan fingerprint density at radius 1 is 1.33 bits per heavy atom. The van der Waals surface area contributed by atoms with Crippen molar-refractivity contribution in [3.63, 3.8) is 0 Å². The highest BCUT2D eigenvalue weighted by Crippen LogP contribution is 2.31. The van der Waals surface area contributed by atoms with Crippen molar-refractivity contribution >= 4 is 17.8 Å². The number of hydrogen-bond acceptors (Lipinski definition) is 3. The summed E-state index contributed by atoms with van der Waals surface area (Å²) in [6, 6.07) is 2.25. The van der Waals surface area contributed by atoms with Crippen molar-refractivity contribution in [2.75, 3.05) is 5.73 Å². The molecule has 1 aromatic rings. The molecule has 0 saturated carbocycles. The Kier molecular flexibility index (Phi) is 2.78. The maximum Gasteiger partial charge on any atom is 0.416 e. The Morgan fingerprint density at radius 3 is 2.40 bits per heavy atom. The molecule has 2 N–H and O–H groups in total. The summed E-state index contributed by atoms with van der Waals surface area (Å²) in [6.07, 6.45) is -4.64. The Morgan fingerprint density at radius 2 is 1.93 bits per heavy atom. The van der Waals surface area contributed by atoms with E-state index in [9.17, 15) is 22.8 Å². The average Bonchev–Trinajstić information content (AvgIpc) is 2.15. The van der Waals surface area contributed by atoms with Crippen LogP contribution in [0.15, 0.2) is 18.2 Å². The molecule has 0 amide bonds. The zero-order valence-corrected chi connectivity index (χ0v) is 7.34. The number of ketones is 1. The molecule has 0 heterocycles. The fourth-order valence-corrected chi connectivity index (χ4v) is 1.01. The van der Waals surface area contributed by atoms with E-state index in [0.29, 0.717) is 6.07 Å². The van der Waals surface area contributed by atoms with E-state index < -0.39 is 23.1 Å². The average molecular weight is 217 g/mol. The zero-order valence-electron chi connectivity index (χ0n) is 7.34. The van der Waals surface area contributed by atoms with Crippen molar-refractivity contribution in [1.29, 1.82) is 0 Å². The second kappa shape index (κ2) is 3.72. The summed E-state index contributed by atoms with van der Waals surface area (Å²) in [6.45, 7) is 0. The van der Waals surface area contributed by atoms with Gasteiger partial charge in [-0.1, -0.05) is 0 Å². The molecule has 80 valence electrons. The van der Waals surface area contributed by atoms with E-state index >= 15 is 0 Å². The van der Waals surface area contributed by atoms with E-state index in [1.54, 1.807) is 0 Å². The quantitative estimate of drug-likeness (QED) is 0.354. The Balaban J connectivity index is 3.29. The highest BCUT2D eigenvalue weighted by atomic mass is 19.4. The van der Waals surface area contributed by atoms with Gasteiger partial charge in [0.25, 0.3) is 0 Å². The molecule has 0 aliphatic rings. The van der Waals surface area contributed by atoms with Crippen LogP contribution in [0.4, 0.5) is 18.9 Å². The van der Waals surface area contributed by atoms with Crippen molar-refractivity contribution < 1.29 is 22.8 Å². The number of alkyl halides is 3. The Hall–Kier alpha value is -1.85. The number of anilines is 1. The smallest absolute Gasteiger partial charge is 0.398 e. The monoisotopic (exact) mass is 217 g/mol. The lowest BCUT2D eigenvalue weighted by molar-refractivity contribution is -0.137.